The molecular weight excluding hydrogens is 248 g/mol. The van der Waals surface area contributed by atoms with Gasteiger partial charge in [-0.2, -0.15) is 0 Å². The summed E-state index contributed by atoms with van der Waals surface area (Å²) in [6.07, 6.45) is 3.13. The summed E-state index contributed by atoms with van der Waals surface area (Å²) in [5, 5.41) is 1.45. The van der Waals surface area contributed by atoms with E-state index in [9.17, 15) is 16.8 Å². The van der Waals surface area contributed by atoms with Crippen molar-refractivity contribution in [2.24, 2.45) is 4.40 Å². The molecule has 1 heterocycles. The predicted octanol–water partition coefficient (Wildman–Crippen LogP) is -0.782. The second kappa shape index (κ2) is 3.48. The Morgan fingerprint density at radius 1 is 1.29 bits per heavy atom. The Bertz CT molecular complexity index is 589. The van der Waals surface area contributed by atoms with Crippen molar-refractivity contribution in [3.63, 3.8) is 0 Å². The minimum absolute atomic E-state index is 0.0741. The second-order valence-electron chi connectivity index (χ2n) is 2.57. The van der Waals surface area contributed by atoms with Gasteiger partial charge in [-0.25, -0.2) is 20.8 Å². The molecule has 0 radical (unpaired) electrons. The number of hydrogen-bond acceptors (Lipinski definition) is 5. The highest BCUT2D eigenvalue weighted by Gasteiger charge is 2.08. The highest BCUT2D eigenvalue weighted by molar-refractivity contribution is 7.90. The van der Waals surface area contributed by atoms with E-state index in [1.165, 1.54) is 11.6 Å². The van der Waals surface area contributed by atoms with Crippen LogP contribution >= 0.6 is 11.3 Å². The van der Waals surface area contributed by atoms with Crippen LogP contribution in [0.1, 0.15) is 0 Å². The van der Waals surface area contributed by atoms with Gasteiger partial charge in [-0.3, -0.25) is 0 Å². The second-order valence-corrected chi connectivity index (χ2v) is 6.95. The van der Waals surface area contributed by atoms with Gasteiger partial charge in [0.1, 0.15) is 0 Å². The zero-order valence-corrected chi connectivity index (χ0v) is 9.86. The average molecular weight is 256 g/mol. The van der Waals surface area contributed by atoms with Crippen LogP contribution in [0.5, 0.6) is 0 Å². The molecule has 0 aliphatic rings. The van der Waals surface area contributed by atoms with Gasteiger partial charge in [0.05, 0.1) is 12.5 Å². The van der Waals surface area contributed by atoms with Crippen LogP contribution in [0.2, 0.25) is 0 Å². The monoisotopic (exact) mass is 256 g/mol. The zero-order valence-electron chi connectivity index (χ0n) is 7.41. The largest absolute Gasteiger partial charge is 0.252 e. The van der Waals surface area contributed by atoms with Crippen molar-refractivity contribution < 1.29 is 16.8 Å². The minimum Gasteiger partial charge on any atom is -0.219 e. The maximum atomic E-state index is 11.1. The van der Waals surface area contributed by atoms with Crippen LogP contribution in [0.3, 0.4) is 0 Å². The first-order valence-electron chi connectivity index (χ1n) is 3.33. The lowest BCUT2D eigenvalue weighted by atomic mass is 11.0. The van der Waals surface area contributed by atoms with Crippen molar-refractivity contribution in [3.8, 4) is 0 Å². The molecule has 6 nitrogen and oxygen atoms in total. The van der Waals surface area contributed by atoms with Crippen LogP contribution < -0.4 is 4.80 Å². The maximum absolute atomic E-state index is 11.1. The molecule has 9 heteroatoms. The molecule has 0 fully saturated rings. The molecule has 0 aliphatic heterocycles. The van der Waals surface area contributed by atoms with Crippen molar-refractivity contribution in [2.45, 2.75) is 0 Å². The van der Waals surface area contributed by atoms with Crippen LogP contribution in [0.4, 0.5) is 0 Å². The van der Waals surface area contributed by atoms with Crippen LogP contribution in [-0.4, -0.2) is 33.3 Å². The minimum atomic E-state index is -3.58. The first-order chi connectivity index (χ1) is 6.20. The average Bonchev–Trinajstić information content (AvgIpc) is 2.29. The zero-order chi connectivity index (χ0) is 11.0. The van der Waals surface area contributed by atoms with E-state index in [0.29, 0.717) is 0 Å². The number of hydrogen-bond donors (Lipinski definition) is 0. The van der Waals surface area contributed by atoms with E-state index in [0.717, 1.165) is 27.8 Å². The molecule has 0 aliphatic carbocycles. The summed E-state index contributed by atoms with van der Waals surface area (Å²) < 4.78 is 48.0. The van der Waals surface area contributed by atoms with E-state index < -0.39 is 20.0 Å². The van der Waals surface area contributed by atoms with Crippen molar-refractivity contribution in [1.82, 2.24) is 3.97 Å². The van der Waals surface area contributed by atoms with Gasteiger partial charge in [0.15, 0.2) is 0 Å². The summed E-state index contributed by atoms with van der Waals surface area (Å²) in [7, 11) is -7.07. The number of sulfonamides is 1. The van der Waals surface area contributed by atoms with Gasteiger partial charge in [0.2, 0.25) is 14.8 Å². The Morgan fingerprint density at radius 2 is 1.86 bits per heavy atom. The number of thiazole rings is 1. The third-order valence-corrected chi connectivity index (χ3v) is 3.66. The summed E-state index contributed by atoms with van der Waals surface area (Å²) in [6, 6.07) is 0. The summed E-state index contributed by atoms with van der Waals surface area (Å²) in [5.41, 5.74) is 0. The smallest absolute Gasteiger partial charge is 0.219 e. The van der Waals surface area contributed by atoms with E-state index in [1.807, 2.05) is 0 Å². The third kappa shape index (κ3) is 2.93. The fraction of sp³-hybridized carbons (Fsp3) is 0.400. The Kier molecular flexibility index (Phi) is 2.83. The molecule has 80 valence electrons. The molecule has 0 saturated carbocycles. The lowest BCUT2D eigenvalue weighted by molar-refractivity contribution is 0.591. The number of rotatable bonds is 2. The van der Waals surface area contributed by atoms with Crippen LogP contribution in [0.15, 0.2) is 16.0 Å². The van der Waals surface area contributed by atoms with Gasteiger partial charge in [-0.15, -0.1) is 15.7 Å². The summed E-state index contributed by atoms with van der Waals surface area (Å²) in [6.45, 7) is 0. The molecule has 0 atom stereocenters. The van der Waals surface area contributed by atoms with Gasteiger partial charge < -0.3 is 0 Å². The topological polar surface area (TPSA) is 85.6 Å². The van der Waals surface area contributed by atoms with Crippen LogP contribution in [0, 0.1) is 0 Å². The fourth-order valence-corrected chi connectivity index (χ4v) is 3.41. The lowest BCUT2D eigenvalue weighted by Crippen LogP contribution is -2.22. The summed E-state index contributed by atoms with van der Waals surface area (Å²) >= 11 is 0.941. The normalized spacial score (nSPS) is 14.6. The molecule has 0 saturated heterocycles. The molecule has 0 spiro atoms. The molecule has 0 bridgehead atoms. The van der Waals surface area contributed by atoms with Gasteiger partial charge in [-0.1, -0.05) is 0 Å². The summed E-state index contributed by atoms with van der Waals surface area (Å²) in [4.78, 5) is -0.0741. The standard InChI is InChI=1S/C5H8N2O4S3/c1-13(8,9)6-5-7(3-4-12-5)14(2,10)11/h3-4H,1-2H3. The van der Waals surface area contributed by atoms with Gasteiger partial charge >= 0.3 is 0 Å². The molecule has 14 heavy (non-hydrogen) atoms. The highest BCUT2D eigenvalue weighted by Crippen LogP contribution is 1.95. The summed E-state index contributed by atoms with van der Waals surface area (Å²) in [5.74, 6) is 0. The molecule has 0 aromatic carbocycles. The van der Waals surface area contributed by atoms with E-state index in [4.69, 9.17) is 0 Å². The molecular formula is C5H8N2O4S3. The highest BCUT2D eigenvalue weighted by atomic mass is 32.2. The number of nitrogens with zero attached hydrogens (tertiary/aromatic N) is 2. The van der Waals surface area contributed by atoms with E-state index >= 15 is 0 Å². The van der Waals surface area contributed by atoms with Crippen molar-refractivity contribution >= 4 is 31.4 Å². The fourth-order valence-electron chi connectivity index (χ4n) is 0.718. The van der Waals surface area contributed by atoms with Crippen molar-refractivity contribution in [2.75, 3.05) is 12.5 Å². The molecule has 1 aromatic heterocycles. The Morgan fingerprint density at radius 3 is 2.29 bits per heavy atom. The van der Waals surface area contributed by atoms with Crippen molar-refractivity contribution in [3.05, 3.63) is 16.4 Å². The number of aromatic nitrogens is 1. The lowest BCUT2D eigenvalue weighted by Gasteiger charge is -1.96. The van der Waals surface area contributed by atoms with Gasteiger partial charge in [0, 0.05) is 11.6 Å². The van der Waals surface area contributed by atoms with E-state index in [-0.39, 0.29) is 4.80 Å². The quantitative estimate of drug-likeness (QED) is 0.694. The Hall–Kier alpha value is -0.670. The molecule has 0 unspecified atom stereocenters. The van der Waals surface area contributed by atoms with Crippen molar-refractivity contribution in [1.29, 1.82) is 0 Å². The maximum Gasteiger partial charge on any atom is 0.252 e. The van der Waals surface area contributed by atoms with Gasteiger partial charge in [-0.05, 0) is 0 Å². The van der Waals surface area contributed by atoms with E-state index in [2.05, 4.69) is 4.40 Å². The third-order valence-electron chi connectivity index (χ3n) is 1.16. The molecule has 0 amide bonds. The molecule has 1 aromatic rings. The van der Waals surface area contributed by atoms with Crippen LogP contribution in [-0.2, 0) is 20.0 Å². The first kappa shape index (κ1) is 11.4. The Balaban J connectivity index is 3.56. The van der Waals surface area contributed by atoms with Crippen LogP contribution in [0.25, 0.3) is 0 Å². The molecule has 0 N–H and O–H groups in total. The predicted molar refractivity (Wildman–Crippen MR) is 53.0 cm³/mol. The Labute approximate surface area is 85.6 Å². The van der Waals surface area contributed by atoms with Gasteiger partial charge in [0.25, 0.3) is 10.0 Å². The van der Waals surface area contributed by atoms with E-state index in [1.54, 1.807) is 0 Å². The SMILES string of the molecule is CS(=O)(=O)N=c1sccn1S(C)(=O)=O. The molecule has 1 rings (SSSR count). The first-order valence-corrected chi connectivity index (χ1v) is 7.90.